The molecule has 6 nitrogen and oxygen atoms in total. The maximum absolute atomic E-state index is 12.6. The van der Waals surface area contributed by atoms with Crippen molar-refractivity contribution in [3.63, 3.8) is 0 Å². The van der Waals surface area contributed by atoms with Crippen LogP contribution in [0, 0.1) is 0 Å². The van der Waals surface area contributed by atoms with Crippen LogP contribution in [0.15, 0.2) is 53.4 Å². The van der Waals surface area contributed by atoms with E-state index in [0.717, 1.165) is 12.1 Å². The van der Waals surface area contributed by atoms with Gasteiger partial charge in [0.2, 0.25) is 10.0 Å². The standard InChI is InChI=1S/C17H17F3N2O4S/c1-11(13-4-3-5-15(10-13)27(21,24)25)22(2)16(23)12-6-8-14(9-7-12)26-17(18,19)20/h3-11H,1-2H3,(H2,21,24,25). The highest BCUT2D eigenvalue weighted by Gasteiger charge is 2.31. The van der Waals surface area contributed by atoms with Crippen LogP contribution < -0.4 is 9.88 Å². The third kappa shape index (κ3) is 5.44. The van der Waals surface area contributed by atoms with Crippen LogP contribution in [0.2, 0.25) is 0 Å². The number of ether oxygens (including phenoxy) is 1. The molecule has 2 N–H and O–H groups in total. The second kappa shape index (κ2) is 7.57. The summed E-state index contributed by atoms with van der Waals surface area (Å²) >= 11 is 0. The molecule has 0 aliphatic carbocycles. The van der Waals surface area contributed by atoms with Gasteiger partial charge in [0, 0.05) is 12.6 Å². The van der Waals surface area contributed by atoms with Crippen molar-refractivity contribution in [3.05, 3.63) is 59.7 Å². The molecule has 0 heterocycles. The zero-order valence-corrected chi connectivity index (χ0v) is 15.2. The monoisotopic (exact) mass is 402 g/mol. The molecule has 10 heteroatoms. The lowest BCUT2D eigenvalue weighted by Gasteiger charge is -2.26. The van der Waals surface area contributed by atoms with Crippen molar-refractivity contribution in [2.24, 2.45) is 5.14 Å². The summed E-state index contributed by atoms with van der Waals surface area (Å²) in [5, 5.41) is 5.11. The lowest BCUT2D eigenvalue weighted by Crippen LogP contribution is -2.29. The molecule has 1 atom stereocenters. The molecular formula is C17H17F3N2O4S. The van der Waals surface area contributed by atoms with Gasteiger partial charge in [0.05, 0.1) is 10.9 Å². The minimum atomic E-state index is -4.81. The van der Waals surface area contributed by atoms with Crippen LogP contribution in [0.3, 0.4) is 0 Å². The highest BCUT2D eigenvalue weighted by atomic mass is 32.2. The Kier molecular flexibility index (Phi) is 5.81. The number of hydrogen-bond donors (Lipinski definition) is 1. The first-order chi connectivity index (χ1) is 12.4. The number of carbonyl (C=O) groups is 1. The van der Waals surface area contributed by atoms with Gasteiger partial charge in [-0.1, -0.05) is 12.1 Å². The number of nitrogens with two attached hydrogens (primary N) is 1. The highest BCUT2D eigenvalue weighted by Crippen LogP contribution is 2.25. The maximum atomic E-state index is 12.6. The van der Waals surface area contributed by atoms with E-state index in [0.29, 0.717) is 5.56 Å². The van der Waals surface area contributed by atoms with Gasteiger partial charge >= 0.3 is 6.36 Å². The van der Waals surface area contributed by atoms with Crippen LogP contribution in [0.5, 0.6) is 5.75 Å². The fourth-order valence-electron chi connectivity index (χ4n) is 2.35. The zero-order chi connectivity index (χ0) is 20.4. The Labute approximate surface area is 154 Å². The normalized spacial score (nSPS) is 13.1. The molecule has 1 amide bonds. The highest BCUT2D eigenvalue weighted by molar-refractivity contribution is 7.89. The SMILES string of the molecule is CC(c1cccc(S(N)(=O)=O)c1)N(C)C(=O)c1ccc(OC(F)(F)F)cc1. The third-order valence-corrected chi connectivity index (χ3v) is 4.82. The molecule has 0 spiro atoms. The first-order valence-corrected chi connectivity index (χ1v) is 9.19. The summed E-state index contributed by atoms with van der Waals surface area (Å²) in [4.78, 5) is 13.8. The van der Waals surface area contributed by atoms with E-state index in [9.17, 15) is 26.4 Å². The predicted octanol–water partition coefficient (Wildman–Crippen LogP) is 3.07. The van der Waals surface area contributed by atoms with Gasteiger partial charge in [0.15, 0.2) is 0 Å². The summed E-state index contributed by atoms with van der Waals surface area (Å²) in [5.41, 5.74) is 0.691. The number of alkyl halides is 3. The number of halogens is 3. The van der Waals surface area contributed by atoms with Crippen LogP contribution in [0.1, 0.15) is 28.9 Å². The molecule has 27 heavy (non-hydrogen) atoms. The smallest absolute Gasteiger partial charge is 0.406 e. The first kappa shape index (κ1) is 20.7. The Hall–Kier alpha value is -2.59. The van der Waals surface area contributed by atoms with Crippen molar-refractivity contribution in [2.75, 3.05) is 7.05 Å². The van der Waals surface area contributed by atoms with Crippen molar-refractivity contribution in [1.29, 1.82) is 0 Å². The van der Waals surface area contributed by atoms with Gasteiger partial charge < -0.3 is 9.64 Å². The van der Waals surface area contributed by atoms with Gasteiger partial charge in [-0.3, -0.25) is 4.79 Å². The van der Waals surface area contributed by atoms with E-state index < -0.39 is 34.1 Å². The van der Waals surface area contributed by atoms with Crippen molar-refractivity contribution >= 4 is 15.9 Å². The summed E-state index contributed by atoms with van der Waals surface area (Å²) in [6.45, 7) is 1.68. The van der Waals surface area contributed by atoms with E-state index >= 15 is 0 Å². The van der Waals surface area contributed by atoms with Gasteiger partial charge in [-0.2, -0.15) is 0 Å². The molecule has 146 valence electrons. The summed E-state index contributed by atoms with van der Waals surface area (Å²) in [6, 6.07) is 9.86. The van der Waals surface area contributed by atoms with Crippen molar-refractivity contribution in [3.8, 4) is 5.75 Å². The zero-order valence-electron chi connectivity index (χ0n) is 14.4. The predicted molar refractivity (Wildman–Crippen MR) is 91.4 cm³/mol. The third-order valence-electron chi connectivity index (χ3n) is 3.91. The van der Waals surface area contributed by atoms with Gasteiger partial charge in [-0.15, -0.1) is 13.2 Å². The fourth-order valence-corrected chi connectivity index (χ4v) is 2.92. The summed E-state index contributed by atoms with van der Waals surface area (Å²) < 4.78 is 63.3. The van der Waals surface area contributed by atoms with Crippen LogP contribution in [-0.2, 0) is 10.0 Å². The van der Waals surface area contributed by atoms with Crippen LogP contribution >= 0.6 is 0 Å². The maximum Gasteiger partial charge on any atom is 0.573 e. The van der Waals surface area contributed by atoms with Gasteiger partial charge in [-0.25, -0.2) is 13.6 Å². The number of amides is 1. The van der Waals surface area contributed by atoms with Gasteiger partial charge in [0.1, 0.15) is 5.75 Å². The largest absolute Gasteiger partial charge is 0.573 e. The molecule has 0 radical (unpaired) electrons. The average molecular weight is 402 g/mol. The van der Waals surface area contributed by atoms with E-state index in [1.54, 1.807) is 13.0 Å². The van der Waals surface area contributed by atoms with Crippen molar-refractivity contribution < 1.29 is 31.1 Å². The lowest BCUT2D eigenvalue weighted by molar-refractivity contribution is -0.274. The Balaban J connectivity index is 2.19. The number of carbonyl (C=O) groups excluding carboxylic acids is 1. The molecule has 0 aromatic heterocycles. The Morgan fingerprint density at radius 3 is 2.26 bits per heavy atom. The van der Waals surface area contributed by atoms with Crippen molar-refractivity contribution in [2.45, 2.75) is 24.2 Å². The molecule has 1 unspecified atom stereocenters. The number of primary sulfonamides is 1. The molecular weight excluding hydrogens is 385 g/mol. The van der Waals surface area contributed by atoms with Crippen molar-refractivity contribution in [1.82, 2.24) is 4.90 Å². The Morgan fingerprint density at radius 2 is 1.74 bits per heavy atom. The molecule has 0 aliphatic rings. The second-order valence-electron chi connectivity index (χ2n) is 5.78. The molecule has 0 fully saturated rings. The first-order valence-electron chi connectivity index (χ1n) is 7.64. The summed E-state index contributed by atoms with van der Waals surface area (Å²) in [5.74, 6) is -0.891. The molecule has 2 rings (SSSR count). The van der Waals surface area contributed by atoms with Crippen LogP contribution in [-0.4, -0.2) is 32.6 Å². The van der Waals surface area contributed by atoms with Gasteiger partial charge in [0.25, 0.3) is 5.91 Å². The lowest BCUT2D eigenvalue weighted by atomic mass is 10.1. The molecule has 0 bridgehead atoms. The molecule has 2 aromatic rings. The van der Waals surface area contributed by atoms with Crippen LogP contribution in [0.4, 0.5) is 13.2 Å². The molecule has 0 saturated carbocycles. The minimum absolute atomic E-state index is 0.0821. The fraction of sp³-hybridized carbons (Fsp3) is 0.235. The number of nitrogens with zero attached hydrogens (tertiary/aromatic N) is 1. The van der Waals surface area contributed by atoms with E-state index in [2.05, 4.69) is 4.74 Å². The van der Waals surface area contributed by atoms with E-state index in [4.69, 9.17) is 5.14 Å². The number of sulfonamides is 1. The van der Waals surface area contributed by atoms with Crippen LogP contribution in [0.25, 0.3) is 0 Å². The number of hydrogen-bond acceptors (Lipinski definition) is 4. The van der Waals surface area contributed by atoms with E-state index in [-0.39, 0.29) is 10.5 Å². The Bertz CT molecular complexity index is 928. The summed E-state index contributed by atoms with van der Waals surface area (Å²) in [6.07, 6.45) is -4.81. The molecule has 2 aromatic carbocycles. The summed E-state index contributed by atoms with van der Waals surface area (Å²) in [7, 11) is -2.39. The van der Waals surface area contributed by atoms with E-state index in [1.807, 2.05) is 0 Å². The Morgan fingerprint density at radius 1 is 1.15 bits per heavy atom. The topological polar surface area (TPSA) is 89.7 Å². The average Bonchev–Trinajstić information content (AvgIpc) is 2.58. The molecule has 0 aliphatic heterocycles. The quantitative estimate of drug-likeness (QED) is 0.832. The van der Waals surface area contributed by atoms with E-state index in [1.165, 1.54) is 42.3 Å². The number of benzene rings is 2. The van der Waals surface area contributed by atoms with Gasteiger partial charge in [-0.05, 0) is 48.9 Å². The molecule has 0 saturated heterocycles. The minimum Gasteiger partial charge on any atom is -0.406 e. The second-order valence-corrected chi connectivity index (χ2v) is 7.34. The number of rotatable bonds is 5.